The maximum atomic E-state index is 6.22. The lowest BCUT2D eigenvalue weighted by Crippen LogP contribution is -2.48. The summed E-state index contributed by atoms with van der Waals surface area (Å²) in [5, 5.41) is 7.76. The number of guanidine groups is 1. The van der Waals surface area contributed by atoms with Crippen molar-refractivity contribution in [3.63, 3.8) is 0 Å². The first-order chi connectivity index (χ1) is 12.3. The fourth-order valence-electron chi connectivity index (χ4n) is 3.38. The third-order valence-corrected chi connectivity index (χ3v) is 4.99. The highest BCUT2D eigenvalue weighted by Crippen LogP contribution is 2.24. The Balaban J connectivity index is 0.00000243. The molecule has 0 spiro atoms. The van der Waals surface area contributed by atoms with E-state index in [-0.39, 0.29) is 30.0 Å². The van der Waals surface area contributed by atoms with Crippen LogP contribution in [0.15, 0.2) is 41.4 Å². The van der Waals surface area contributed by atoms with Gasteiger partial charge in [0, 0.05) is 37.7 Å². The molecule has 26 heavy (non-hydrogen) atoms. The van der Waals surface area contributed by atoms with Crippen LogP contribution in [-0.2, 0) is 4.74 Å². The van der Waals surface area contributed by atoms with E-state index in [9.17, 15) is 0 Å². The van der Waals surface area contributed by atoms with Crippen LogP contribution in [0.2, 0.25) is 5.02 Å². The molecule has 0 amide bonds. The molecule has 1 heterocycles. The predicted molar refractivity (Wildman–Crippen MR) is 119 cm³/mol. The van der Waals surface area contributed by atoms with Gasteiger partial charge in [0.05, 0.1) is 19.3 Å². The molecule has 0 bridgehead atoms. The van der Waals surface area contributed by atoms with Gasteiger partial charge < -0.3 is 15.4 Å². The van der Waals surface area contributed by atoms with Crippen LogP contribution < -0.4 is 10.6 Å². The summed E-state index contributed by atoms with van der Waals surface area (Å²) in [6.45, 7) is 4.19. The molecule has 1 aliphatic carbocycles. The van der Waals surface area contributed by atoms with Crippen molar-refractivity contribution in [2.45, 2.75) is 24.9 Å². The first-order valence-corrected chi connectivity index (χ1v) is 9.33. The summed E-state index contributed by atoms with van der Waals surface area (Å²) in [5.74, 6) is 0.856. The average Bonchev–Trinajstić information content (AvgIpc) is 3.15. The standard InChI is InChI=1S/C19H27ClN4O.HI/c1-21-19(23-17-7-2-3-8-17)22-14-18(24-9-11-25-12-10-24)15-5-4-6-16(20)13-15;/h2-6,13,17-18H,7-12,14H2,1H3,(H2,21,22,23);1H. The zero-order valence-corrected chi connectivity index (χ0v) is 18.2. The Hall–Kier alpha value is -0.830. The molecule has 1 saturated heterocycles. The van der Waals surface area contributed by atoms with Gasteiger partial charge in [0.2, 0.25) is 0 Å². The molecule has 0 aromatic heterocycles. The van der Waals surface area contributed by atoms with Gasteiger partial charge in [-0.15, -0.1) is 24.0 Å². The Kier molecular flexibility index (Phi) is 9.18. The van der Waals surface area contributed by atoms with Gasteiger partial charge in [-0.05, 0) is 30.5 Å². The van der Waals surface area contributed by atoms with Crippen LogP contribution in [0.3, 0.4) is 0 Å². The number of nitrogens with one attached hydrogen (secondary N) is 2. The van der Waals surface area contributed by atoms with Crippen LogP contribution in [0, 0.1) is 0 Å². The lowest BCUT2D eigenvalue weighted by atomic mass is 10.0. The van der Waals surface area contributed by atoms with E-state index >= 15 is 0 Å². The summed E-state index contributed by atoms with van der Waals surface area (Å²) in [6, 6.07) is 8.82. The van der Waals surface area contributed by atoms with Crippen molar-refractivity contribution < 1.29 is 4.74 Å². The second-order valence-electron chi connectivity index (χ2n) is 6.46. The molecule has 1 aromatic rings. The van der Waals surface area contributed by atoms with E-state index < -0.39 is 0 Å². The number of ether oxygens (including phenoxy) is 1. The summed E-state index contributed by atoms with van der Waals surface area (Å²) < 4.78 is 5.51. The smallest absolute Gasteiger partial charge is 0.191 e. The Morgan fingerprint density at radius 2 is 2.04 bits per heavy atom. The Morgan fingerprint density at radius 3 is 2.69 bits per heavy atom. The van der Waals surface area contributed by atoms with Crippen molar-refractivity contribution >= 4 is 41.5 Å². The molecule has 3 rings (SSSR count). The third kappa shape index (κ3) is 6.11. The quantitative estimate of drug-likeness (QED) is 0.288. The fourth-order valence-corrected chi connectivity index (χ4v) is 3.58. The first-order valence-electron chi connectivity index (χ1n) is 8.95. The lowest BCUT2D eigenvalue weighted by Gasteiger charge is -2.35. The van der Waals surface area contributed by atoms with E-state index in [4.69, 9.17) is 16.3 Å². The predicted octanol–water partition coefficient (Wildman–Crippen LogP) is 3.21. The molecule has 2 aliphatic rings. The van der Waals surface area contributed by atoms with Crippen molar-refractivity contribution in [3.8, 4) is 0 Å². The van der Waals surface area contributed by atoms with Gasteiger partial charge in [-0.2, -0.15) is 0 Å². The molecule has 1 atom stereocenters. The van der Waals surface area contributed by atoms with Crippen LogP contribution in [0.25, 0.3) is 0 Å². The number of halogens is 2. The van der Waals surface area contributed by atoms with Crippen molar-refractivity contribution in [3.05, 3.63) is 47.0 Å². The number of benzene rings is 1. The van der Waals surface area contributed by atoms with E-state index in [0.29, 0.717) is 6.04 Å². The number of nitrogens with zero attached hydrogens (tertiary/aromatic N) is 2. The molecular weight excluding hydrogens is 463 g/mol. The summed E-state index contributed by atoms with van der Waals surface area (Å²) in [6.07, 6.45) is 6.55. The van der Waals surface area contributed by atoms with Gasteiger partial charge in [0.25, 0.3) is 0 Å². The molecule has 0 saturated carbocycles. The van der Waals surface area contributed by atoms with E-state index in [2.05, 4.69) is 44.8 Å². The maximum Gasteiger partial charge on any atom is 0.191 e. The lowest BCUT2D eigenvalue weighted by molar-refractivity contribution is 0.0170. The van der Waals surface area contributed by atoms with Crippen molar-refractivity contribution in [1.82, 2.24) is 15.5 Å². The molecule has 144 valence electrons. The van der Waals surface area contributed by atoms with Crippen LogP contribution in [0.1, 0.15) is 24.4 Å². The highest BCUT2D eigenvalue weighted by atomic mass is 127. The molecule has 7 heteroatoms. The summed E-state index contributed by atoms with van der Waals surface area (Å²) in [4.78, 5) is 6.83. The molecule has 1 fully saturated rings. The van der Waals surface area contributed by atoms with Crippen molar-refractivity contribution in [1.29, 1.82) is 0 Å². The maximum absolute atomic E-state index is 6.22. The molecular formula is C19H28ClIN4O. The zero-order valence-electron chi connectivity index (χ0n) is 15.2. The third-order valence-electron chi connectivity index (χ3n) is 4.76. The summed E-state index contributed by atoms with van der Waals surface area (Å²) in [5.41, 5.74) is 1.22. The van der Waals surface area contributed by atoms with E-state index in [0.717, 1.165) is 56.7 Å². The van der Waals surface area contributed by atoms with Crippen LogP contribution >= 0.6 is 35.6 Å². The molecule has 1 unspecified atom stereocenters. The molecule has 0 radical (unpaired) electrons. The first kappa shape index (κ1) is 21.5. The number of hydrogen-bond donors (Lipinski definition) is 2. The van der Waals surface area contributed by atoms with Crippen molar-refractivity contribution in [2.75, 3.05) is 39.9 Å². The van der Waals surface area contributed by atoms with Gasteiger partial charge in [-0.25, -0.2) is 0 Å². The highest BCUT2D eigenvalue weighted by Gasteiger charge is 2.23. The molecule has 2 N–H and O–H groups in total. The highest BCUT2D eigenvalue weighted by molar-refractivity contribution is 14.0. The average molecular weight is 491 g/mol. The van der Waals surface area contributed by atoms with Gasteiger partial charge in [-0.1, -0.05) is 35.9 Å². The monoisotopic (exact) mass is 490 g/mol. The number of rotatable bonds is 5. The van der Waals surface area contributed by atoms with Gasteiger partial charge in [0.1, 0.15) is 0 Å². The van der Waals surface area contributed by atoms with Gasteiger partial charge in [0.15, 0.2) is 5.96 Å². The Labute approximate surface area is 178 Å². The molecule has 1 aromatic carbocycles. The van der Waals surface area contributed by atoms with E-state index in [1.807, 2.05) is 19.2 Å². The summed E-state index contributed by atoms with van der Waals surface area (Å²) >= 11 is 6.22. The van der Waals surface area contributed by atoms with Crippen molar-refractivity contribution in [2.24, 2.45) is 4.99 Å². The van der Waals surface area contributed by atoms with Gasteiger partial charge in [-0.3, -0.25) is 9.89 Å². The number of hydrogen-bond acceptors (Lipinski definition) is 3. The van der Waals surface area contributed by atoms with Crippen LogP contribution in [0.5, 0.6) is 0 Å². The Bertz CT molecular complexity index is 611. The minimum atomic E-state index is 0. The van der Waals surface area contributed by atoms with E-state index in [1.54, 1.807) is 0 Å². The largest absolute Gasteiger partial charge is 0.379 e. The normalized spacial score (nSPS) is 19.8. The minimum Gasteiger partial charge on any atom is -0.379 e. The number of aliphatic imine (C=N–C) groups is 1. The van der Waals surface area contributed by atoms with Crippen LogP contribution in [0.4, 0.5) is 0 Å². The fraction of sp³-hybridized carbons (Fsp3) is 0.526. The second-order valence-corrected chi connectivity index (χ2v) is 6.89. The minimum absolute atomic E-state index is 0. The van der Waals surface area contributed by atoms with Gasteiger partial charge >= 0.3 is 0 Å². The molecule has 1 aliphatic heterocycles. The summed E-state index contributed by atoms with van der Waals surface area (Å²) in [7, 11) is 1.82. The SMILES string of the molecule is CN=C(NCC(c1cccc(Cl)c1)N1CCOCC1)NC1CC=CC1.I. The zero-order chi connectivity index (χ0) is 17.5. The number of morpholine rings is 1. The van der Waals surface area contributed by atoms with Crippen LogP contribution in [-0.4, -0.2) is 56.8 Å². The topological polar surface area (TPSA) is 48.9 Å². The second kappa shape index (κ2) is 11.1. The molecule has 5 nitrogen and oxygen atoms in total. The Morgan fingerprint density at radius 1 is 1.31 bits per heavy atom. The van der Waals surface area contributed by atoms with E-state index in [1.165, 1.54) is 5.56 Å².